The fourth-order valence-electron chi connectivity index (χ4n) is 6.03. The Morgan fingerprint density at radius 3 is 2.52 bits per heavy atom. The van der Waals surface area contributed by atoms with E-state index in [1.807, 2.05) is 66.2 Å². The minimum absolute atomic E-state index is 0.112. The molecule has 2 atom stereocenters. The van der Waals surface area contributed by atoms with E-state index in [2.05, 4.69) is 5.32 Å². The topological polar surface area (TPSA) is 131 Å². The van der Waals surface area contributed by atoms with Crippen LogP contribution in [-0.2, 0) is 38.9 Å². The van der Waals surface area contributed by atoms with E-state index in [1.165, 1.54) is 11.2 Å². The number of sulfonamides is 1. The van der Waals surface area contributed by atoms with Crippen LogP contribution in [0.3, 0.4) is 0 Å². The zero-order valence-corrected chi connectivity index (χ0v) is 25.8. The lowest BCUT2D eigenvalue weighted by atomic mass is 9.95. The number of hydrogen-bond donors (Lipinski definition) is 2. The molecule has 3 aromatic carbocycles. The Kier molecular flexibility index (Phi) is 9.65. The quantitative estimate of drug-likeness (QED) is 0.214. The van der Waals surface area contributed by atoms with Gasteiger partial charge in [-0.3, -0.25) is 14.3 Å². The molecule has 1 aromatic heterocycles. The zero-order valence-electron chi connectivity index (χ0n) is 25.0. The molecule has 10 nitrogen and oxygen atoms in total. The Bertz CT molecular complexity index is 1740. The van der Waals surface area contributed by atoms with Crippen LogP contribution in [0.25, 0.3) is 10.9 Å². The summed E-state index contributed by atoms with van der Waals surface area (Å²) in [5.74, 6) is -0.625. The fraction of sp³-hybridized carbons (Fsp3) is 0.364. The molecule has 4 aromatic rings. The lowest BCUT2D eigenvalue weighted by Crippen LogP contribution is -2.30. The highest BCUT2D eigenvalue weighted by Gasteiger charge is 2.42. The van der Waals surface area contributed by atoms with E-state index in [-0.39, 0.29) is 42.3 Å². The highest BCUT2D eigenvalue weighted by molar-refractivity contribution is 7.89. The number of hydrogen-bond acceptors (Lipinski definition) is 6. The molecule has 0 saturated carbocycles. The molecule has 44 heavy (non-hydrogen) atoms. The monoisotopic (exact) mass is 618 g/mol. The maximum atomic E-state index is 14.4. The van der Waals surface area contributed by atoms with Crippen LogP contribution in [0.2, 0.25) is 0 Å². The van der Waals surface area contributed by atoms with Gasteiger partial charge in [0.15, 0.2) is 0 Å². The third-order valence-electron chi connectivity index (χ3n) is 7.99. The molecule has 1 amide bonds. The maximum Gasteiger partial charge on any atom is 0.309 e. The molecule has 0 spiro atoms. The predicted molar refractivity (Wildman–Crippen MR) is 167 cm³/mol. The predicted octanol–water partition coefficient (Wildman–Crippen LogP) is 4.24. The number of carboxylic acid groups (broad SMARTS) is 1. The summed E-state index contributed by atoms with van der Waals surface area (Å²) < 4.78 is 37.8. The van der Waals surface area contributed by atoms with Gasteiger partial charge in [0.25, 0.3) is 0 Å². The van der Waals surface area contributed by atoms with E-state index in [1.54, 1.807) is 18.2 Å². The molecule has 1 aliphatic heterocycles. The number of fused-ring (bicyclic) bond motifs is 1. The molecule has 2 N–H and O–H groups in total. The van der Waals surface area contributed by atoms with Gasteiger partial charge in [-0.05, 0) is 61.6 Å². The second-order valence-electron chi connectivity index (χ2n) is 11.1. The Labute approximate surface area is 257 Å². The lowest BCUT2D eigenvalue weighted by molar-refractivity contribution is -0.136. The van der Waals surface area contributed by atoms with E-state index in [9.17, 15) is 23.1 Å². The molecule has 1 fully saturated rings. The van der Waals surface area contributed by atoms with Gasteiger partial charge >= 0.3 is 5.97 Å². The molecule has 0 unspecified atom stereocenters. The van der Waals surface area contributed by atoms with Gasteiger partial charge in [0.05, 0.1) is 35.2 Å². The summed E-state index contributed by atoms with van der Waals surface area (Å²) in [6, 6.07) is 22.2. The van der Waals surface area contributed by atoms with Crippen molar-refractivity contribution in [2.24, 2.45) is 5.92 Å². The molecular formula is C33H38N4O6S. The normalized spacial score (nSPS) is 17.1. The maximum absolute atomic E-state index is 14.4. The highest BCUT2D eigenvalue weighted by atomic mass is 32.2. The van der Waals surface area contributed by atoms with E-state index in [4.69, 9.17) is 9.84 Å². The summed E-state index contributed by atoms with van der Waals surface area (Å²) in [7, 11) is -3.93. The number of aliphatic carboxylic acids is 1. The van der Waals surface area contributed by atoms with Crippen molar-refractivity contribution < 1.29 is 27.9 Å². The van der Waals surface area contributed by atoms with Crippen LogP contribution in [0.1, 0.15) is 43.1 Å². The standard InChI is InChI=1S/C33H38N4O6S/c1-3-43-27-15-16-32(25(19-27)12-9-17-34-23(2)38)44(41,42)36-21-26(18-24-10-5-4-6-11-24)31(22-36)37-30-14-8-7-13-28(30)29(35-37)20-33(39)40/h4-8,10-11,13-16,19,26,31H,3,9,12,17-18,20-22H2,1-2H3,(H,34,38)(H,39,40)/t26-,31+/m1/s1. The minimum Gasteiger partial charge on any atom is -0.494 e. The van der Waals surface area contributed by atoms with Crippen LogP contribution in [-0.4, -0.2) is 65.7 Å². The average molecular weight is 619 g/mol. The number of carbonyl (C=O) groups excluding carboxylic acids is 1. The van der Waals surface area contributed by atoms with Gasteiger partial charge in [0.2, 0.25) is 15.9 Å². The smallest absolute Gasteiger partial charge is 0.309 e. The average Bonchev–Trinajstić information content (AvgIpc) is 3.57. The van der Waals surface area contributed by atoms with Crippen molar-refractivity contribution in [1.82, 2.24) is 19.4 Å². The number of carboxylic acids is 1. The molecule has 0 bridgehead atoms. The summed E-state index contributed by atoms with van der Waals surface area (Å²) in [5.41, 5.74) is 2.97. The van der Waals surface area contributed by atoms with Crippen molar-refractivity contribution in [3.63, 3.8) is 0 Å². The summed E-state index contributed by atoms with van der Waals surface area (Å²) in [6.45, 7) is 4.69. The van der Waals surface area contributed by atoms with Crippen LogP contribution in [0.4, 0.5) is 0 Å². The van der Waals surface area contributed by atoms with Crippen LogP contribution in [0.15, 0.2) is 77.7 Å². The summed E-state index contributed by atoms with van der Waals surface area (Å²) in [5, 5.41) is 17.8. The van der Waals surface area contributed by atoms with Gasteiger partial charge in [0.1, 0.15) is 5.75 Å². The largest absolute Gasteiger partial charge is 0.494 e. The number of ether oxygens (including phenoxy) is 1. The third-order valence-corrected chi connectivity index (χ3v) is 9.93. The number of aryl methyl sites for hydroxylation is 1. The lowest BCUT2D eigenvalue weighted by Gasteiger charge is -2.20. The second-order valence-corrected chi connectivity index (χ2v) is 13.0. The summed E-state index contributed by atoms with van der Waals surface area (Å²) in [6.07, 6.45) is 1.43. The molecule has 1 saturated heterocycles. The number of rotatable bonds is 13. The first-order valence-corrected chi connectivity index (χ1v) is 16.3. The number of nitrogens with zero attached hydrogens (tertiary/aromatic N) is 3. The van der Waals surface area contributed by atoms with Crippen LogP contribution < -0.4 is 10.1 Å². The van der Waals surface area contributed by atoms with Crippen molar-refractivity contribution in [1.29, 1.82) is 0 Å². The van der Waals surface area contributed by atoms with E-state index < -0.39 is 16.0 Å². The van der Waals surface area contributed by atoms with Gasteiger partial charge in [0, 0.05) is 37.9 Å². The van der Waals surface area contributed by atoms with Gasteiger partial charge in [-0.15, -0.1) is 0 Å². The number of para-hydroxylation sites is 1. The molecule has 2 heterocycles. The first-order chi connectivity index (χ1) is 21.2. The molecule has 0 radical (unpaired) electrons. The Morgan fingerprint density at radius 1 is 1.05 bits per heavy atom. The fourth-order valence-corrected chi connectivity index (χ4v) is 7.78. The van der Waals surface area contributed by atoms with E-state index in [0.29, 0.717) is 49.4 Å². The molecular weight excluding hydrogens is 580 g/mol. The Hall–Kier alpha value is -4.22. The van der Waals surface area contributed by atoms with E-state index in [0.717, 1.165) is 16.5 Å². The number of benzene rings is 3. The Morgan fingerprint density at radius 2 is 1.80 bits per heavy atom. The van der Waals surface area contributed by atoms with Crippen molar-refractivity contribution in [2.75, 3.05) is 26.2 Å². The van der Waals surface area contributed by atoms with Crippen molar-refractivity contribution in [3.8, 4) is 5.75 Å². The number of aromatic nitrogens is 2. The van der Waals surface area contributed by atoms with Gasteiger partial charge in [-0.2, -0.15) is 9.40 Å². The first kappa shape index (κ1) is 31.2. The summed E-state index contributed by atoms with van der Waals surface area (Å²) >= 11 is 0. The van der Waals surface area contributed by atoms with Crippen LogP contribution >= 0.6 is 0 Å². The molecule has 11 heteroatoms. The number of amides is 1. The first-order valence-electron chi connectivity index (χ1n) is 14.9. The van der Waals surface area contributed by atoms with Gasteiger partial charge < -0.3 is 15.2 Å². The SMILES string of the molecule is CCOc1ccc(S(=O)(=O)N2C[C@@H](Cc3ccccc3)[C@@H](n3nc(CC(=O)O)c4ccccc43)C2)c(CCCNC(C)=O)c1. The highest BCUT2D eigenvalue weighted by Crippen LogP contribution is 2.38. The number of carbonyl (C=O) groups is 2. The molecule has 0 aliphatic carbocycles. The van der Waals surface area contributed by atoms with Gasteiger partial charge in [-0.25, -0.2) is 8.42 Å². The summed E-state index contributed by atoms with van der Waals surface area (Å²) in [4.78, 5) is 23.2. The molecule has 232 valence electrons. The van der Waals surface area contributed by atoms with Crippen molar-refractivity contribution in [3.05, 3.63) is 89.6 Å². The van der Waals surface area contributed by atoms with E-state index >= 15 is 0 Å². The van der Waals surface area contributed by atoms with Crippen molar-refractivity contribution >= 4 is 32.8 Å². The zero-order chi connectivity index (χ0) is 31.3. The third kappa shape index (κ3) is 6.95. The van der Waals surface area contributed by atoms with Crippen LogP contribution in [0.5, 0.6) is 5.75 Å². The second kappa shape index (κ2) is 13.6. The van der Waals surface area contributed by atoms with Crippen LogP contribution in [0, 0.1) is 5.92 Å². The van der Waals surface area contributed by atoms with Crippen molar-refractivity contribution in [2.45, 2.75) is 50.5 Å². The minimum atomic E-state index is -3.93. The molecule has 5 rings (SSSR count). The van der Waals surface area contributed by atoms with Gasteiger partial charge in [-0.1, -0.05) is 48.5 Å². The molecule has 1 aliphatic rings. The number of nitrogens with one attached hydrogen (secondary N) is 1. The Balaban J connectivity index is 1.52.